The van der Waals surface area contributed by atoms with Gasteiger partial charge in [0.15, 0.2) is 10.6 Å². The Morgan fingerprint density at radius 3 is 2.59 bits per heavy atom. The van der Waals surface area contributed by atoms with Crippen molar-refractivity contribution in [2.45, 2.75) is 33.7 Å². The highest BCUT2D eigenvalue weighted by Crippen LogP contribution is 2.28. The highest BCUT2D eigenvalue weighted by atomic mass is 32.1. The van der Waals surface area contributed by atoms with Gasteiger partial charge in [-0.2, -0.15) is 0 Å². The lowest BCUT2D eigenvalue weighted by molar-refractivity contribution is 0.508. The van der Waals surface area contributed by atoms with Gasteiger partial charge in [-0.3, -0.25) is 0 Å². The molecule has 4 aromatic rings. The van der Waals surface area contributed by atoms with Gasteiger partial charge in [-0.25, -0.2) is 4.99 Å². The second-order valence-corrected chi connectivity index (χ2v) is 8.17. The van der Waals surface area contributed by atoms with Gasteiger partial charge in [0.25, 0.3) is 0 Å². The first kappa shape index (κ1) is 17.8. The minimum absolute atomic E-state index is 0.633. The van der Waals surface area contributed by atoms with Gasteiger partial charge in [0.1, 0.15) is 5.58 Å². The van der Waals surface area contributed by atoms with Gasteiger partial charge in [0.2, 0.25) is 0 Å². The fraction of sp³-hybridized carbons (Fsp3) is 0.261. The van der Waals surface area contributed by atoms with Gasteiger partial charge >= 0.3 is 0 Å². The number of hydrogen-bond acceptors (Lipinski definition) is 3. The zero-order valence-electron chi connectivity index (χ0n) is 16.0. The molecule has 2 heterocycles. The maximum absolute atomic E-state index is 6.13. The van der Waals surface area contributed by atoms with Crippen LogP contribution in [0.2, 0.25) is 0 Å². The number of rotatable bonds is 5. The van der Waals surface area contributed by atoms with E-state index in [1.165, 1.54) is 5.56 Å². The van der Waals surface area contributed by atoms with Crippen molar-refractivity contribution in [1.82, 2.24) is 4.57 Å². The average molecular weight is 377 g/mol. The molecular formula is C23H24N2OS. The highest BCUT2D eigenvalue weighted by molar-refractivity contribution is 7.07. The Kier molecular flexibility index (Phi) is 4.99. The van der Waals surface area contributed by atoms with Crippen molar-refractivity contribution < 1.29 is 4.42 Å². The van der Waals surface area contributed by atoms with Crippen LogP contribution < -0.4 is 4.80 Å². The molecule has 4 heteroatoms. The Labute approximate surface area is 163 Å². The molecule has 4 rings (SSSR count). The number of aromatic nitrogens is 1. The minimum atomic E-state index is 0.633. The molecule has 0 saturated heterocycles. The second-order valence-electron chi connectivity index (χ2n) is 7.33. The molecule has 2 aromatic heterocycles. The molecule has 0 spiro atoms. The summed E-state index contributed by atoms with van der Waals surface area (Å²) in [7, 11) is 0. The standard InChI is InChI=1S/C23H24N2OS/c1-16(2)12-13-25-20(22-14-18-6-4-5-7-21(18)26-22)15-27-23(25)24-19-10-8-17(3)9-11-19/h4-11,14-16H,12-13H2,1-3H3. The lowest BCUT2D eigenvalue weighted by Gasteiger charge is -2.09. The van der Waals surface area contributed by atoms with Gasteiger partial charge in [0.05, 0.1) is 11.4 Å². The van der Waals surface area contributed by atoms with Crippen LogP contribution in [0.15, 0.2) is 69.4 Å². The molecule has 0 aliphatic heterocycles. The fourth-order valence-electron chi connectivity index (χ4n) is 3.06. The maximum atomic E-state index is 6.13. The van der Waals surface area contributed by atoms with Gasteiger partial charge in [-0.1, -0.05) is 49.7 Å². The molecule has 0 aliphatic rings. The number of aryl methyl sites for hydroxylation is 1. The smallest absolute Gasteiger partial charge is 0.190 e. The summed E-state index contributed by atoms with van der Waals surface area (Å²) in [5.74, 6) is 1.54. The fourth-order valence-corrected chi connectivity index (χ4v) is 3.99. The zero-order valence-corrected chi connectivity index (χ0v) is 16.8. The molecule has 0 bridgehead atoms. The molecule has 2 aromatic carbocycles. The highest BCUT2D eigenvalue weighted by Gasteiger charge is 2.13. The normalized spacial score (nSPS) is 12.4. The van der Waals surface area contributed by atoms with Gasteiger partial charge in [-0.05, 0) is 43.5 Å². The van der Waals surface area contributed by atoms with Gasteiger partial charge in [0, 0.05) is 17.3 Å². The third-order valence-electron chi connectivity index (χ3n) is 4.66. The van der Waals surface area contributed by atoms with E-state index in [0.29, 0.717) is 5.92 Å². The molecular weight excluding hydrogens is 352 g/mol. The van der Waals surface area contributed by atoms with Crippen molar-refractivity contribution in [3.05, 3.63) is 70.3 Å². The topological polar surface area (TPSA) is 30.4 Å². The van der Waals surface area contributed by atoms with E-state index >= 15 is 0 Å². The maximum Gasteiger partial charge on any atom is 0.190 e. The molecule has 138 valence electrons. The average Bonchev–Trinajstić information content (AvgIpc) is 3.25. The summed E-state index contributed by atoms with van der Waals surface area (Å²) in [6.45, 7) is 7.53. The summed E-state index contributed by atoms with van der Waals surface area (Å²) in [5, 5.41) is 3.29. The molecule has 0 radical (unpaired) electrons. The third kappa shape index (κ3) is 3.91. The number of nitrogens with zero attached hydrogens (tertiary/aromatic N) is 2. The zero-order chi connectivity index (χ0) is 18.8. The first-order valence-corrected chi connectivity index (χ1v) is 10.3. The van der Waals surface area contributed by atoms with E-state index in [-0.39, 0.29) is 0 Å². The summed E-state index contributed by atoms with van der Waals surface area (Å²) in [6, 6.07) is 18.6. The van der Waals surface area contributed by atoms with Crippen LogP contribution in [0.1, 0.15) is 25.8 Å². The summed E-state index contributed by atoms with van der Waals surface area (Å²) in [6.07, 6.45) is 1.10. The van der Waals surface area contributed by atoms with E-state index in [1.807, 2.05) is 18.2 Å². The SMILES string of the molecule is Cc1ccc(N=c2scc(-c3cc4ccccc4o3)n2CCC(C)C)cc1. The molecule has 3 nitrogen and oxygen atoms in total. The van der Waals surface area contributed by atoms with E-state index in [4.69, 9.17) is 9.41 Å². The number of thiazole rings is 1. The summed E-state index contributed by atoms with van der Waals surface area (Å²) >= 11 is 1.67. The predicted molar refractivity (Wildman–Crippen MR) is 113 cm³/mol. The van der Waals surface area contributed by atoms with Crippen LogP contribution in [0.3, 0.4) is 0 Å². The second kappa shape index (κ2) is 7.57. The number of hydrogen-bond donors (Lipinski definition) is 0. The Hall–Kier alpha value is -2.59. The minimum Gasteiger partial charge on any atom is -0.454 e. The molecule has 0 unspecified atom stereocenters. The van der Waals surface area contributed by atoms with E-state index < -0.39 is 0 Å². The predicted octanol–water partition coefficient (Wildman–Crippen LogP) is 6.55. The summed E-state index contributed by atoms with van der Waals surface area (Å²) in [5.41, 5.74) is 4.25. The Bertz CT molecular complexity index is 1080. The monoisotopic (exact) mass is 376 g/mol. The van der Waals surface area contributed by atoms with Crippen molar-refractivity contribution in [2.75, 3.05) is 0 Å². The Morgan fingerprint density at radius 2 is 1.85 bits per heavy atom. The Balaban J connectivity index is 1.81. The van der Waals surface area contributed by atoms with Crippen molar-refractivity contribution in [1.29, 1.82) is 0 Å². The quantitative estimate of drug-likeness (QED) is 0.388. The first-order valence-electron chi connectivity index (χ1n) is 9.39. The van der Waals surface area contributed by atoms with Crippen LogP contribution in [0.5, 0.6) is 0 Å². The van der Waals surface area contributed by atoms with Crippen molar-refractivity contribution in [3.8, 4) is 11.5 Å². The van der Waals surface area contributed by atoms with Crippen LogP contribution >= 0.6 is 11.3 Å². The number of furan rings is 1. The van der Waals surface area contributed by atoms with Crippen LogP contribution in [0.25, 0.3) is 22.4 Å². The van der Waals surface area contributed by atoms with Crippen molar-refractivity contribution >= 4 is 28.0 Å². The van der Waals surface area contributed by atoms with Gasteiger partial charge < -0.3 is 8.98 Å². The van der Waals surface area contributed by atoms with E-state index in [0.717, 1.165) is 45.9 Å². The van der Waals surface area contributed by atoms with Crippen LogP contribution in [-0.4, -0.2) is 4.57 Å². The van der Waals surface area contributed by atoms with Crippen LogP contribution in [0.4, 0.5) is 5.69 Å². The lowest BCUT2D eigenvalue weighted by Crippen LogP contribution is -2.17. The number of fused-ring (bicyclic) bond motifs is 1. The van der Waals surface area contributed by atoms with E-state index in [1.54, 1.807) is 11.3 Å². The molecule has 0 N–H and O–H groups in total. The molecule has 0 aliphatic carbocycles. The van der Waals surface area contributed by atoms with Crippen LogP contribution in [-0.2, 0) is 6.54 Å². The van der Waals surface area contributed by atoms with Crippen molar-refractivity contribution in [2.24, 2.45) is 10.9 Å². The molecule has 27 heavy (non-hydrogen) atoms. The lowest BCUT2D eigenvalue weighted by atomic mass is 10.1. The third-order valence-corrected chi connectivity index (χ3v) is 5.53. The molecule has 0 fully saturated rings. The van der Waals surface area contributed by atoms with Crippen molar-refractivity contribution in [3.63, 3.8) is 0 Å². The summed E-state index contributed by atoms with van der Waals surface area (Å²) in [4.78, 5) is 5.91. The van der Waals surface area contributed by atoms with E-state index in [2.05, 4.69) is 67.1 Å². The molecule has 0 amide bonds. The Morgan fingerprint density at radius 1 is 1.07 bits per heavy atom. The van der Waals surface area contributed by atoms with Gasteiger partial charge in [-0.15, -0.1) is 11.3 Å². The first-order chi connectivity index (χ1) is 13.1. The van der Waals surface area contributed by atoms with Crippen LogP contribution in [0, 0.1) is 12.8 Å². The largest absolute Gasteiger partial charge is 0.454 e. The number of benzene rings is 2. The van der Waals surface area contributed by atoms with E-state index in [9.17, 15) is 0 Å². The molecule has 0 atom stereocenters. The number of para-hydroxylation sites is 1. The summed E-state index contributed by atoms with van der Waals surface area (Å²) < 4.78 is 8.42. The molecule has 0 saturated carbocycles.